The largest absolute Gasteiger partial charge is 0.416 e. The monoisotopic (exact) mass is 516 g/mol. The van der Waals surface area contributed by atoms with Crippen LogP contribution in [0.5, 0.6) is 0 Å². The highest BCUT2D eigenvalue weighted by atomic mass is 19.4. The normalized spacial score (nSPS) is 21.0. The van der Waals surface area contributed by atoms with Crippen LogP contribution in [-0.2, 0) is 17.3 Å². The third kappa shape index (κ3) is 5.15. The number of nitrogens with one attached hydrogen (secondary N) is 1. The van der Waals surface area contributed by atoms with Crippen molar-refractivity contribution in [1.82, 2.24) is 24.6 Å². The summed E-state index contributed by atoms with van der Waals surface area (Å²) in [6.07, 6.45) is -0.755. The third-order valence-corrected chi connectivity index (χ3v) is 7.10. The first-order chi connectivity index (χ1) is 17.6. The summed E-state index contributed by atoms with van der Waals surface area (Å²) in [4.78, 5) is 26.8. The summed E-state index contributed by atoms with van der Waals surface area (Å²) in [6.45, 7) is 9.14. The maximum Gasteiger partial charge on any atom is 0.416 e. The van der Waals surface area contributed by atoms with E-state index in [-0.39, 0.29) is 35.7 Å². The molecule has 3 aromatic rings. The second-order valence-corrected chi connectivity index (χ2v) is 9.93. The zero-order valence-corrected chi connectivity index (χ0v) is 21.2. The standard InChI is InChI=1S/C26H31F3N6O2/c1-16-13-34(14-17(2)31-16)24(36)23-22(11-19-5-4-6-21(18(19)3)26(27,28)29)35-15-20(12-30-25(35)32-23)33-7-9-37-10-8-33/h4-6,12,15-17,31H,7-11,13-14H2,1-3H3/t16-,17?/m1/s1. The van der Waals surface area contributed by atoms with Gasteiger partial charge in [-0.15, -0.1) is 0 Å². The van der Waals surface area contributed by atoms with Crippen molar-refractivity contribution >= 4 is 17.4 Å². The van der Waals surface area contributed by atoms with Crippen molar-refractivity contribution in [2.75, 3.05) is 44.3 Å². The lowest BCUT2D eigenvalue weighted by Crippen LogP contribution is -2.56. The quantitative estimate of drug-likeness (QED) is 0.574. The van der Waals surface area contributed by atoms with E-state index in [0.29, 0.717) is 56.4 Å². The number of morpholine rings is 1. The topological polar surface area (TPSA) is 75.0 Å². The number of benzene rings is 1. The van der Waals surface area contributed by atoms with Crippen LogP contribution < -0.4 is 10.2 Å². The van der Waals surface area contributed by atoms with E-state index >= 15 is 0 Å². The third-order valence-electron chi connectivity index (χ3n) is 7.10. The SMILES string of the molecule is Cc1c(Cc2c(C(=O)N3CC(C)N[C@H](C)C3)nc3ncc(N4CCOCC4)cn23)cccc1C(F)(F)F. The summed E-state index contributed by atoms with van der Waals surface area (Å²) < 4.78 is 48.1. The van der Waals surface area contributed by atoms with Crippen molar-refractivity contribution in [3.05, 3.63) is 58.7 Å². The molecule has 0 saturated carbocycles. The Morgan fingerprint density at radius 2 is 1.86 bits per heavy atom. The fourth-order valence-corrected chi connectivity index (χ4v) is 5.30. The lowest BCUT2D eigenvalue weighted by atomic mass is 9.97. The van der Waals surface area contributed by atoms with Crippen LogP contribution >= 0.6 is 0 Å². The van der Waals surface area contributed by atoms with Gasteiger partial charge in [0.2, 0.25) is 5.78 Å². The molecule has 1 N–H and O–H groups in total. The van der Waals surface area contributed by atoms with Gasteiger partial charge < -0.3 is 19.9 Å². The minimum atomic E-state index is -4.46. The van der Waals surface area contributed by atoms with Crippen LogP contribution in [0.3, 0.4) is 0 Å². The van der Waals surface area contributed by atoms with Crippen molar-refractivity contribution in [2.45, 2.75) is 45.5 Å². The van der Waals surface area contributed by atoms with Gasteiger partial charge in [-0.05, 0) is 38.0 Å². The molecule has 37 heavy (non-hydrogen) atoms. The molecule has 0 aliphatic carbocycles. The summed E-state index contributed by atoms with van der Waals surface area (Å²) in [5.74, 6) is 0.106. The van der Waals surface area contributed by atoms with Crippen LogP contribution in [0, 0.1) is 6.92 Å². The number of imidazole rings is 1. The average Bonchev–Trinajstić information content (AvgIpc) is 3.21. The van der Waals surface area contributed by atoms with Gasteiger partial charge >= 0.3 is 6.18 Å². The molecule has 8 nitrogen and oxygen atoms in total. The van der Waals surface area contributed by atoms with Gasteiger partial charge in [0.05, 0.1) is 36.4 Å². The average molecular weight is 517 g/mol. The number of nitrogens with zero attached hydrogens (tertiary/aromatic N) is 5. The number of hydrogen-bond acceptors (Lipinski definition) is 6. The number of carbonyl (C=O) groups excluding carboxylic acids is 1. The molecule has 5 rings (SSSR count). The van der Waals surface area contributed by atoms with Crippen LogP contribution in [-0.4, -0.2) is 76.7 Å². The van der Waals surface area contributed by atoms with Gasteiger partial charge in [0, 0.05) is 50.9 Å². The lowest BCUT2D eigenvalue weighted by molar-refractivity contribution is -0.138. The Hall–Kier alpha value is -3.18. The van der Waals surface area contributed by atoms with E-state index in [0.717, 1.165) is 11.8 Å². The van der Waals surface area contributed by atoms with Gasteiger partial charge in [-0.3, -0.25) is 9.20 Å². The highest BCUT2D eigenvalue weighted by Crippen LogP contribution is 2.34. The van der Waals surface area contributed by atoms with Crippen LogP contribution in [0.25, 0.3) is 5.78 Å². The zero-order valence-electron chi connectivity index (χ0n) is 21.2. The maximum atomic E-state index is 13.8. The van der Waals surface area contributed by atoms with Crippen molar-refractivity contribution in [3.63, 3.8) is 0 Å². The van der Waals surface area contributed by atoms with Gasteiger partial charge in [0.15, 0.2) is 5.69 Å². The van der Waals surface area contributed by atoms with Crippen molar-refractivity contribution in [3.8, 4) is 0 Å². The van der Waals surface area contributed by atoms with Crippen LogP contribution in [0.1, 0.15) is 46.7 Å². The van der Waals surface area contributed by atoms with Crippen molar-refractivity contribution < 1.29 is 22.7 Å². The molecule has 0 bridgehead atoms. The number of ether oxygens (including phenoxy) is 1. The van der Waals surface area contributed by atoms with E-state index in [9.17, 15) is 18.0 Å². The minimum absolute atomic E-state index is 0.115. The number of fused-ring (bicyclic) bond motifs is 1. The number of alkyl halides is 3. The molecule has 1 unspecified atom stereocenters. The Morgan fingerprint density at radius 3 is 2.54 bits per heavy atom. The number of anilines is 1. The molecule has 0 radical (unpaired) electrons. The molecule has 2 atom stereocenters. The number of aromatic nitrogens is 3. The molecular weight excluding hydrogens is 485 g/mol. The minimum Gasteiger partial charge on any atom is -0.378 e. The smallest absolute Gasteiger partial charge is 0.378 e. The molecular formula is C26H31F3N6O2. The predicted octanol–water partition coefficient (Wildman–Crippen LogP) is 3.31. The summed E-state index contributed by atoms with van der Waals surface area (Å²) in [5, 5.41) is 3.41. The highest BCUT2D eigenvalue weighted by Gasteiger charge is 2.34. The molecule has 2 saturated heterocycles. The molecule has 2 aromatic heterocycles. The van der Waals surface area contributed by atoms with Gasteiger partial charge in [0.1, 0.15) is 0 Å². The Kier molecular flexibility index (Phi) is 6.84. The first-order valence-electron chi connectivity index (χ1n) is 12.5. The molecule has 1 amide bonds. The molecule has 0 spiro atoms. The van der Waals surface area contributed by atoms with E-state index in [4.69, 9.17) is 4.74 Å². The highest BCUT2D eigenvalue weighted by molar-refractivity contribution is 5.94. The van der Waals surface area contributed by atoms with E-state index < -0.39 is 11.7 Å². The molecule has 2 aliphatic heterocycles. The van der Waals surface area contributed by atoms with Gasteiger partial charge in [-0.2, -0.15) is 13.2 Å². The number of piperazine rings is 1. The van der Waals surface area contributed by atoms with Crippen LogP contribution in [0.2, 0.25) is 0 Å². The van der Waals surface area contributed by atoms with Crippen molar-refractivity contribution in [1.29, 1.82) is 0 Å². The van der Waals surface area contributed by atoms with Gasteiger partial charge in [0.25, 0.3) is 5.91 Å². The summed E-state index contributed by atoms with van der Waals surface area (Å²) in [6, 6.07) is 4.40. The molecule has 2 aliphatic rings. The Labute approximate surface area is 213 Å². The Balaban J connectivity index is 1.60. The second kappa shape index (κ2) is 9.94. The number of carbonyl (C=O) groups is 1. The van der Waals surface area contributed by atoms with Crippen LogP contribution in [0.4, 0.5) is 18.9 Å². The summed E-state index contributed by atoms with van der Waals surface area (Å²) in [5.41, 5.74) is 1.56. The fourth-order valence-electron chi connectivity index (χ4n) is 5.30. The molecule has 11 heteroatoms. The summed E-state index contributed by atoms with van der Waals surface area (Å²) >= 11 is 0. The summed E-state index contributed by atoms with van der Waals surface area (Å²) in [7, 11) is 0. The fraction of sp³-hybridized carbons (Fsp3) is 0.500. The first-order valence-corrected chi connectivity index (χ1v) is 12.5. The van der Waals surface area contributed by atoms with E-state index in [1.807, 2.05) is 20.0 Å². The van der Waals surface area contributed by atoms with E-state index in [1.54, 1.807) is 21.6 Å². The van der Waals surface area contributed by atoms with Crippen molar-refractivity contribution in [2.24, 2.45) is 0 Å². The first kappa shape index (κ1) is 25.5. The number of halogens is 3. The Morgan fingerprint density at radius 1 is 1.16 bits per heavy atom. The second-order valence-electron chi connectivity index (χ2n) is 9.93. The predicted molar refractivity (Wildman–Crippen MR) is 133 cm³/mol. The number of rotatable bonds is 4. The molecule has 4 heterocycles. The zero-order chi connectivity index (χ0) is 26.3. The maximum absolute atomic E-state index is 13.8. The molecule has 1 aromatic carbocycles. The number of amides is 1. The number of hydrogen-bond donors (Lipinski definition) is 1. The molecule has 2 fully saturated rings. The molecule has 198 valence electrons. The van der Waals surface area contributed by atoms with Gasteiger partial charge in [-0.25, -0.2) is 9.97 Å². The van der Waals surface area contributed by atoms with Crippen LogP contribution in [0.15, 0.2) is 30.6 Å². The van der Waals surface area contributed by atoms with E-state index in [1.165, 1.54) is 13.0 Å². The lowest BCUT2D eigenvalue weighted by Gasteiger charge is -2.36. The van der Waals surface area contributed by atoms with E-state index in [2.05, 4.69) is 20.2 Å². The van der Waals surface area contributed by atoms with Gasteiger partial charge in [-0.1, -0.05) is 12.1 Å². The Bertz CT molecular complexity index is 1290.